The molecule has 3 aromatic heterocycles. The number of carbonyl (C=O) groups excluding carboxylic acids is 1. The highest BCUT2D eigenvalue weighted by molar-refractivity contribution is 6.29. The summed E-state index contributed by atoms with van der Waals surface area (Å²) in [6.45, 7) is 2.23. The van der Waals surface area contributed by atoms with E-state index in [4.69, 9.17) is 17.3 Å². The van der Waals surface area contributed by atoms with E-state index in [2.05, 4.69) is 27.4 Å². The highest BCUT2D eigenvalue weighted by Crippen LogP contribution is 2.27. The summed E-state index contributed by atoms with van der Waals surface area (Å²) in [4.78, 5) is 12.1. The second kappa shape index (κ2) is 8.05. The molecule has 0 saturated carbocycles. The molecule has 3 rings (SSSR count). The summed E-state index contributed by atoms with van der Waals surface area (Å²) in [5.74, 6) is 4.94. The second-order valence-electron chi connectivity index (χ2n) is 6.01. The minimum Gasteiger partial charge on any atom is -0.383 e. The number of anilines is 1. The minimum atomic E-state index is -4.44. The van der Waals surface area contributed by atoms with Gasteiger partial charge in [-0.1, -0.05) is 23.6 Å². The summed E-state index contributed by atoms with van der Waals surface area (Å²) in [6, 6.07) is 4.54. The van der Waals surface area contributed by atoms with E-state index in [1.165, 1.54) is 33.6 Å². The van der Waals surface area contributed by atoms with Gasteiger partial charge < -0.3 is 11.1 Å². The predicted molar refractivity (Wildman–Crippen MR) is 101 cm³/mol. The molecule has 11 heteroatoms. The lowest BCUT2D eigenvalue weighted by Gasteiger charge is -2.05. The first-order valence-electron chi connectivity index (χ1n) is 8.52. The Balaban J connectivity index is 1.81. The van der Waals surface area contributed by atoms with E-state index in [-0.39, 0.29) is 39.9 Å². The normalized spacial score (nSPS) is 11.3. The zero-order chi connectivity index (χ0) is 21.2. The van der Waals surface area contributed by atoms with Gasteiger partial charge in [0.15, 0.2) is 0 Å². The smallest absolute Gasteiger partial charge is 0.383 e. The van der Waals surface area contributed by atoms with Gasteiger partial charge >= 0.3 is 6.18 Å². The summed E-state index contributed by atoms with van der Waals surface area (Å²) in [5, 5.41) is 10.7. The number of nitrogens with zero attached hydrogens (tertiary/aromatic N) is 4. The molecule has 3 aromatic rings. The van der Waals surface area contributed by atoms with Crippen molar-refractivity contribution in [2.75, 3.05) is 12.3 Å². The summed E-state index contributed by atoms with van der Waals surface area (Å²) in [5.41, 5.74) is 6.11. The number of fused-ring (bicyclic) bond motifs is 1. The number of nitrogens with two attached hydrogens (primary N) is 1. The molecule has 29 heavy (non-hydrogen) atoms. The van der Waals surface area contributed by atoms with E-state index in [1.807, 2.05) is 6.92 Å². The van der Waals surface area contributed by atoms with Crippen LogP contribution in [0.5, 0.6) is 0 Å². The van der Waals surface area contributed by atoms with Crippen LogP contribution in [0.15, 0.2) is 24.4 Å². The van der Waals surface area contributed by atoms with Gasteiger partial charge in [-0.05, 0) is 25.0 Å². The summed E-state index contributed by atoms with van der Waals surface area (Å²) in [7, 11) is 0. The Hall–Kier alpha value is -3.19. The van der Waals surface area contributed by atoms with Gasteiger partial charge in [0, 0.05) is 12.1 Å². The largest absolute Gasteiger partial charge is 0.393 e. The molecular weight excluding hydrogens is 409 g/mol. The number of hydrogen-bond donors (Lipinski definition) is 2. The van der Waals surface area contributed by atoms with Gasteiger partial charge in [0.2, 0.25) is 0 Å². The van der Waals surface area contributed by atoms with Gasteiger partial charge in [-0.15, -0.1) is 0 Å². The number of aryl methyl sites for hydroxylation is 1. The van der Waals surface area contributed by atoms with Crippen molar-refractivity contribution in [2.45, 2.75) is 26.1 Å². The van der Waals surface area contributed by atoms with Crippen molar-refractivity contribution in [2.24, 2.45) is 0 Å². The molecule has 0 aromatic carbocycles. The molecule has 152 valence electrons. The molecule has 0 fully saturated rings. The fourth-order valence-electron chi connectivity index (χ4n) is 2.73. The van der Waals surface area contributed by atoms with Crippen LogP contribution in [0.1, 0.15) is 28.5 Å². The van der Waals surface area contributed by atoms with Gasteiger partial charge in [0.1, 0.15) is 22.2 Å². The minimum absolute atomic E-state index is 0.0528. The Morgan fingerprint density at radius 3 is 2.79 bits per heavy atom. The Labute approximate surface area is 168 Å². The number of alkyl halides is 3. The monoisotopic (exact) mass is 424 g/mol. The van der Waals surface area contributed by atoms with Crippen molar-refractivity contribution in [3.63, 3.8) is 0 Å². The Bertz CT molecular complexity index is 1120. The first kappa shape index (κ1) is 20.5. The van der Waals surface area contributed by atoms with Crippen molar-refractivity contribution in [3.05, 3.63) is 46.4 Å². The van der Waals surface area contributed by atoms with Crippen molar-refractivity contribution in [3.8, 4) is 11.8 Å². The van der Waals surface area contributed by atoms with E-state index in [0.29, 0.717) is 6.54 Å². The number of nitrogen functional groups attached to an aromatic ring is 1. The predicted octanol–water partition coefficient (Wildman–Crippen LogP) is 2.67. The van der Waals surface area contributed by atoms with Gasteiger partial charge in [-0.2, -0.15) is 23.4 Å². The van der Waals surface area contributed by atoms with Crippen molar-refractivity contribution < 1.29 is 18.0 Å². The highest BCUT2D eigenvalue weighted by atomic mass is 35.5. The molecule has 1 amide bonds. The van der Waals surface area contributed by atoms with Crippen molar-refractivity contribution in [1.82, 2.24) is 24.7 Å². The van der Waals surface area contributed by atoms with Crippen LogP contribution in [0, 0.1) is 11.8 Å². The molecule has 7 nitrogen and oxygen atoms in total. The lowest BCUT2D eigenvalue weighted by Crippen LogP contribution is -2.24. The van der Waals surface area contributed by atoms with Gasteiger partial charge in [0.05, 0.1) is 24.7 Å². The Morgan fingerprint density at radius 2 is 2.14 bits per heavy atom. The molecule has 3 heterocycles. The third-order valence-electron chi connectivity index (χ3n) is 4.06. The number of pyridine rings is 1. The van der Waals surface area contributed by atoms with Gasteiger partial charge in [-0.25, -0.2) is 9.20 Å². The van der Waals surface area contributed by atoms with Gasteiger partial charge in [0.25, 0.3) is 5.91 Å². The lowest BCUT2D eigenvalue weighted by molar-refractivity contribution is -0.127. The standard InChI is InChI=1S/C18H16ClF3N6O/c1-2-27-16(23)12(10-25-27)17(29)24-8-4-5-13-11(9-18(20,21)22)14-6-3-7-15(19)28(14)26-13/h3,6-7,10H,2,8-9,23H2,1H3,(H,24,29). The van der Waals surface area contributed by atoms with Crippen LogP contribution in [0.25, 0.3) is 5.52 Å². The van der Waals surface area contributed by atoms with Crippen LogP contribution in [-0.4, -0.2) is 38.0 Å². The summed E-state index contributed by atoms with van der Waals surface area (Å²) in [6.07, 6.45) is -4.29. The average molecular weight is 425 g/mol. The van der Waals surface area contributed by atoms with E-state index < -0.39 is 18.5 Å². The van der Waals surface area contributed by atoms with Crippen LogP contribution in [0.3, 0.4) is 0 Å². The quantitative estimate of drug-likeness (QED) is 0.497. The maximum atomic E-state index is 13.0. The molecule has 0 radical (unpaired) electrons. The van der Waals surface area contributed by atoms with E-state index in [0.717, 1.165) is 0 Å². The zero-order valence-electron chi connectivity index (χ0n) is 15.2. The van der Waals surface area contributed by atoms with Crippen LogP contribution in [0.4, 0.5) is 19.0 Å². The van der Waals surface area contributed by atoms with E-state index >= 15 is 0 Å². The number of hydrogen-bond acceptors (Lipinski definition) is 4. The number of halogens is 4. The molecular formula is C18H16ClF3N6O. The number of aromatic nitrogens is 4. The maximum absolute atomic E-state index is 13.0. The number of carbonyl (C=O) groups is 1. The number of nitrogens with one attached hydrogen (secondary N) is 1. The third kappa shape index (κ3) is 4.46. The molecule has 0 bridgehead atoms. The molecule has 0 saturated heterocycles. The molecule has 0 aliphatic heterocycles. The van der Waals surface area contributed by atoms with Crippen LogP contribution in [-0.2, 0) is 13.0 Å². The van der Waals surface area contributed by atoms with Crippen molar-refractivity contribution in [1.29, 1.82) is 0 Å². The van der Waals surface area contributed by atoms with Crippen LogP contribution >= 0.6 is 11.6 Å². The topological polar surface area (TPSA) is 90.2 Å². The molecule has 0 aliphatic carbocycles. The number of rotatable bonds is 4. The first-order valence-corrected chi connectivity index (χ1v) is 8.90. The fraction of sp³-hybridized carbons (Fsp3) is 0.278. The fourth-order valence-corrected chi connectivity index (χ4v) is 2.93. The molecule has 0 aliphatic rings. The number of amides is 1. The lowest BCUT2D eigenvalue weighted by atomic mass is 10.1. The molecule has 3 N–H and O–H groups in total. The average Bonchev–Trinajstić information content (AvgIpc) is 3.19. The molecule has 0 unspecified atom stereocenters. The zero-order valence-corrected chi connectivity index (χ0v) is 16.0. The van der Waals surface area contributed by atoms with Crippen LogP contribution in [0.2, 0.25) is 5.15 Å². The van der Waals surface area contributed by atoms with E-state index in [1.54, 1.807) is 0 Å². The Morgan fingerprint density at radius 1 is 1.38 bits per heavy atom. The second-order valence-corrected chi connectivity index (χ2v) is 6.40. The van der Waals surface area contributed by atoms with Crippen molar-refractivity contribution >= 4 is 28.8 Å². The highest BCUT2D eigenvalue weighted by Gasteiger charge is 2.31. The Kier molecular flexibility index (Phi) is 5.70. The van der Waals surface area contributed by atoms with Gasteiger partial charge in [-0.3, -0.25) is 4.79 Å². The first-order chi connectivity index (χ1) is 13.7. The van der Waals surface area contributed by atoms with E-state index in [9.17, 15) is 18.0 Å². The maximum Gasteiger partial charge on any atom is 0.393 e. The van der Waals surface area contributed by atoms with Crippen LogP contribution < -0.4 is 11.1 Å². The summed E-state index contributed by atoms with van der Waals surface area (Å²) < 4.78 is 41.6. The molecule has 0 atom stereocenters. The summed E-state index contributed by atoms with van der Waals surface area (Å²) >= 11 is 6.01. The molecule has 0 spiro atoms. The SMILES string of the molecule is CCn1ncc(C(=O)NCC#Cc2nn3c(Cl)cccc3c2CC(F)(F)F)c1N. The third-order valence-corrected chi connectivity index (χ3v) is 4.35.